The normalized spacial score (nSPS) is 10.8. The molecule has 0 atom stereocenters. The quantitative estimate of drug-likeness (QED) is 0.460. The number of hydrogen-bond donors (Lipinski definition) is 1. The lowest BCUT2D eigenvalue weighted by atomic mass is 10.0. The van der Waals surface area contributed by atoms with Crippen LogP contribution in [0.5, 0.6) is 0 Å². The summed E-state index contributed by atoms with van der Waals surface area (Å²) in [5, 5.41) is 12.0. The van der Waals surface area contributed by atoms with Crippen LogP contribution < -0.4 is 5.32 Å². The maximum Gasteiger partial charge on any atom is 0.349 e. The highest BCUT2D eigenvalue weighted by atomic mass is 16.5. The zero-order valence-corrected chi connectivity index (χ0v) is 15.5. The Morgan fingerprint density at radius 2 is 1.67 bits per heavy atom. The molecule has 0 saturated carbocycles. The van der Waals surface area contributed by atoms with Gasteiger partial charge in [-0.1, -0.05) is 62.4 Å². The molecule has 2 aromatic rings. The molecule has 0 aliphatic heterocycles. The number of aryl methyl sites for hydroxylation is 2. The number of amides is 1. The molecular formula is C22H22N2O3. The van der Waals surface area contributed by atoms with Crippen molar-refractivity contribution in [3.63, 3.8) is 0 Å². The van der Waals surface area contributed by atoms with Crippen molar-refractivity contribution in [2.24, 2.45) is 0 Å². The van der Waals surface area contributed by atoms with Crippen molar-refractivity contribution in [3.05, 3.63) is 70.8 Å². The summed E-state index contributed by atoms with van der Waals surface area (Å²) in [5.74, 6) is -1.26. The third-order valence-electron chi connectivity index (χ3n) is 4.05. The molecule has 0 spiro atoms. The second kappa shape index (κ2) is 9.93. The number of hydrogen-bond acceptors (Lipinski definition) is 4. The first-order valence-electron chi connectivity index (χ1n) is 8.83. The SMILES string of the molecule is CCc1cccc(CC)c1NC(=O)COC(=O)/C(C#N)=C/c1ccccc1. The Bertz CT molecular complexity index is 858. The van der Waals surface area contributed by atoms with Gasteiger partial charge in [0.15, 0.2) is 6.61 Å². The van der Waals surface area contributed by atoms with E-state index in [9.17, 15) is 14.9 Å². The average molecular weight is 362 g/mol. The largest absolute Gasteiger partial charge is 0.451 e. The van der Waals surface area contributed by atoms with E-state index in [0.29, 0.717) is 5.56 Å². The van der Waals surface area contributed by atoms with Crippen molar-refractivity contribution in [3.8, 4) is 6.07 Å². The van der Waals surface area contributed by atoms with Gasteiger partial charge in [-0.3, -0.25) is 4.79 Å². The van der Waals surface area contributed by atoms with Gasteiger partial charge in [-0.2, -0.15) is 5.26 Å². The summed E-state index contributed by atoms with van der Waals surface area (Å²) in [6.45, 7) is 3.57. The third kappa shape index (κ3) is 5.55. The van der Waals surface area contributed by atoms with Gasteiger partial charge in [-0.05, 0) is 35.6 Å². The first-order valence-corrected chi connectivity index (χ1v) is 8.83. The van der Waals surface area contributed by atoms with Gasteiger partial charge in [0.2, 0.25) is 0 Å². The summed E-state index contributed by atoms with van der Waals surface area (Å²) in [7, 11) is 0. The van der Waals surface area contributed by atoms with E-state index in [-0.39, 0.29) is 5.57 Å². The number of ether oxygens (including phenoxy) is 1. The zero-order valence-electron chi connectivity index (χ0n) is 15.5. The highest BCUT2D eigenvalue weighted by Crippen LogP contribution is 2.22. The molecule has 138 valence electrons. The summed E-state index contributed by atoms with van der Waals surface area (Å²) >= 11 is 0. The van der Waals surface area contributed by atoms with Gasteiger partial charge < -0.3 is 10.1 Å². The van der Waals surface area contributed by atoms with Crippen LogP contribution in [0.2, 0.25) is 0 Å². The first-order chi connectivity index (χ1) is 13.1. The topological polar surface area (TPSA) is 79.2 Å². The second-order valence-electron chi connectivity index (χ2n) is 5.86. The fourth-order valence-corrected chi connectivity index (χ4v) is 2.64. The van der Waals surface area contributed by atoms with Crippen LogP contribution in [-0.2, 0) is 27.2 Å². The van der Waals surface area contributed by atoms with E-state index in [0.717, 1.165) is 29.7 Å². The third-order valence-corrected chi connectivity index (χ3v) is 4.05. The lowest BCUT2D eigenvalue weighted by Gasteiger charge is -2.14. The number of carbonyl (C=O) groups excluding carboxylic acids is 2. The second-order valence-corrected chi connectivity index (χ2v) is 5.86. The van der Waals surface area contributed by atoms with Crippen LogP contribution in [-0.4, -0.2) is 18.5 Å². The molecule has 1 amide bonds. The van der Waals surface area contributed by atoms with E-state index in [2.05, 4.69) is 5.32 Å². The van der Waals surface area contributed by atoms with Gasteiger partial charge in [-0.25, -0.2) is 4.79 Å². The van der Waals surface area contributed by atoms with Crippen LogP contribution in [0.4, 0.5) is 5.69 Å². The number of esters is 1. The molecule has 0 aliphatic rings. The van der Waals surface area contributed by atoms with Crippen molar-refractivity contribution in [2.75, 3.05) is 11.9 Å². The first kappa shape index (κ1) is 19.9. The highest BCUT2D eigenvalue weighted by molar-refractivity contribution is 6.00. The summed E-state index contributed by atoms with van der Waals surface area (Å²) < 4.78 is 5.01. The average Bonchev–Trinajstić information content (AvgIpc) is 2.71. The molecule has 5 nitrogen and oxygen atoms in total. The summed E-state index contributed by atoms with van der Waals surface area (Å²) in [5.41, 5.74) is 3.37. The maximum absolute atomic E-state index is 12.2. The van der Waals surface area contributed by atoms with Gasteiger partial charge in [0.25, 0.3) is 5.91 Å². The summed E-state index contributed by atoms with van der Waals surface area (Å²) in [6, 6.07) is 16.7. The summed E-state index contributed by atoms with van der Waals surface area (Å²) in [6.07, 6.45) is 2.99. The predicted molar refractivity (Wildman–Crippen MR) is 105 cm³/mol. The van der Waals surface area contributed by atoms with Crippen LogP contribution in [0.3, 0.4) is 0 Å². The van der Waals surface area contributed by atoms with Crippen molar-refractivity contribution < 1.29 is 14.3 Å². The van der Waals surface area contributed by atoms with E-state index >= 15 is 0 Å². The van der Waals surface area contributed by atoms with E-state index in [1.165, 1.54) is 6.08 Å². The van der Waals surface area contributed by atoms with Crippen LogP contribution in [0, 0.1) is 11.3 Å². The molecule has 0 aromatic heterocycles. The Labute approximate surface area is 159 Å². The monoisotopic (exact) mass is 362 g/mol. The summed E-state index contributed by atoms with van der Waals surface area (Å²) in [4.78, 5) is 24.3. The number of carbonyl (C=O) groups is 2. The zero-order chi connectivity index (χ0) is 19.6. The van der Waals surface area contributed by atoms with Crippen LogP contribution in [0.25, 0.3) is 6.08 Å². The molecule has 5 heteroatoms. The number of nitrogens with zero attached hydrogens (tertiary/aromatic N) is 1. The molecule has 0 heterocycles. The van der Waals surface area contributed by atoms with Crippen LogP contribution in [0.1, 0.15) is 30.5 Å². The van der Waals surface area contributed by atoms with Crippen molar-refractivity contribution >= 4 is 23.6 Å². The minimum absolute atomic E-state index is 0.155. The minimum atomic E-state index is -0.823. The van der Waals surface area contributed by atoms with Crippen LogP contribution in [0.15, 0.2) is 54.1 Å². The van der Waals surface area contributed by atoms with Gasteiger partial charge in [-0.15, -0.1) is 0 Å². The Balaban J connectivity index is 2.02. The molecule has 0 fully saturated rings. The maximum atomic E-state index is 12.2. The predicted octanol–water partition coefficient (Wildman–Crippen LogP) is 3.90. The molecule has 1 N–H and O–H groups in total. The van der Waals surface area contributed by atoms with Gasteiger partial charge in [0.05, 0.1) is 0 Å². The number of para-hydroxylation sites is 1. The lowest BCUT2D eigenvalue weighted by Crippen LogP contribution is -2.22. The van der Waals surface area contributed by atoms with E-state index in [1.807, 2.05) is 44.2 Å². The molecule has 2 rings (SSSR count). The molecule has 27 heavy (non-hydrogen) atoms. The molecule has 0 saturated heterocycles. The molecule has 0 aliphatic carbocycles. The number of nitrogens with one attached hydrogen (secondary N) is 1. The van der Waals surface area contributed by atoms with Crippen molar-refractivity contribution in [1.29, 1.82) is 5.26 Å². The van der Waals surface area contributed by atoms with E-state index in [1.54, 1.807) is 24.3 Å². The Morgan fingerprint density at radius 3 is 2.22 bits per heavy atom. The van der Waals surface area contributed by atoms with Gasteiger partial charge in [0.1, 0.15) is 11.6 Å². The standard InChI is InChI=1S/C22H22N2O3/c1-3-17-11-8-12-18(4-2)21(17)24-20(25)15-27-22(26)19(14-23)13-16-9-6-5-7-10-16/h5-13H,3-4,15H2,1-2H3,(H,24,25)/b19-13+. The number of benzene rings is 2. The van der Waals surface area contributed by atoms with Crippen LogP contribution >= 0.6 is 0 Å². The molecule has 2 aromatic carbocycles. The molecule has 0 bridgehead atoms. The Hall–Kier alpha value is -3.39. The molecular weight excluding hydrogens is 340 g/mol. The number of anilines is 1. The van der Waals surface area contributed by atoms with Gasteiger partial charge in [0, 0.05) is 5.69 Å². The van der Waals surface area contributed by atoms with Crippen molar-refractivity contribution in [2.45, 2.75) is 26.7 Å². The smallest absolute Gasteiger partial charge is 0.349 e. The molecule has 0 radical (unpaired) electrons. The highest BCUT2D eigenvalue weighted by Gasteiger charge is 2.15. The number of rotatable bonds is 7. The fraction of sp³-hybridized carbons (Fsp3) is 0.227. The Morgan fingerprint density at radius 1 is 1.04 bits per heavy atom. The van der Waals surface area contributed by atoms with Gasteiger partial charge >= 0.3 is 5.97 Å². The lowest BCUT2D eigenvalue weighted by molar-refractivity contribution is -0.142. The van der Waals surface area contributed by atoms with E-state index < -0.39 is 18.5 Å². The Kier molecular flexibility index (Phi) is 7.33. The molecule has 0 unspecified atom stereocenters. The van der Waals surface area contributed by atoms with E-state index in [4.69, 9.17) is 4.74 Å². The minimum Gasteiger partial charge on any atom is -0.451 e. The van der Waals surface area contributed by atoms with Crippen molar-refractivity contribution in [1.82, 2.24) is 0 Å². The number of nitriles is 1. The fourth-order valence-electron chi connectivity index (χ4n) is 2.64.